The van der Waals surface area contributed by atoms with Gasteiger partial charge in [-0.2, -0.15) is 5.10 Å². The summed E-state index contributed by atoms with van der Waals surface area (Å²) in [5, 5.41) is 7.42. The van der Waals surface area contributed by atoms with Gasteiger partial charge in [0, 0.05) is 29.9 Å². The monoisotopic (exact) mass is 440 g/mol. The number of nitrogens with one attached hydrogen (secondary N) is 1. The molecular weight excluding hydrogens is 419 g/mol. The maximum Gasteiger partial charge on any atom is 0.280 e. The smallest absolute Gasteiger partial charge is 0.280 e. The average Bonchev–Trinajstić information content (AvgIpc) is 2.75. The zero-order valence-corrected chi connectivity index (χ0v) is 17.8. The van der Waals surface area contributed by atoms with E-state index in [0.717, 1.165) is 31.6 Å². The summed E-state index contributed by atoms with van der Waals surface area (Å²) in [7, 11) is 0. The summed E-state index contributed by atoms with van der Waals surface area (Å²) >= 11 is 6.17. The van der Waals surface area contributed by atoms with E-state index in [-0.39, 0.29) is 11.4 Å². The number of aromatic nitrogens is 2. The van der Waals surface area contributed by atoms with Crippen LogP contribution in [0.5, 0.6) is 0 Å². The standard InChI is InChI=1S/C23H22ClFN4O2/c1-15-13-21(30)22(27-29(15)19-8-4-3-7-17(19)25)23(31)26-18-14-16(24)9-10-20(18)28-11-5-2-6-12-28/h3-4,7-10,13-14H,2,5-6,11-12H2,1H3,(H,26,31). The highest BCUT2D eigenvalue weighted by Crippen LogP contribution is 2.31. The van der Waals surface area contributed by atoms with Crippen LogP contribution in [0.1, 0.15) is 35.4 Å². The van der Waals surface area contributed by atoms with Crippen molar-refractivity contribution in [2.45, 2.75) is 26.2 Å². The van der Waals surface area contributed by atoms with E-state index in [1.165, 1.54) is 29.3 Å². The summed E-state index contributed by atoms with van der Waals surface area (Å²) in [6.45, 7) is 3.40. The number of para-hydroxylation sites is 1. The fourth-order valence-electron chi connectivity index (χ4n) is 3.77. The molecule has 6 nitrogen and oxygen atoms in total. The predicted octanol–water partition coefficient (Wildman–Crippen LogP) is 4.58. The van der Waals surface area contributed by atoms with E-state index in [9.17, 15) is 14.0 Å². The predicted molar refractivity (Wildman–Crippen MR) is 120 cm³/mol. The fraction of sp³-hybridized carbons (Fsp3) is 0.261. The van der Waals surface area contributed by atoms with Crippen LogP contribution in [0.3, 0.4) is 0 Å². The summed E-state index contributed by atoms with van der Waals surface area (Å²) < 4.78 is 15.5. The van der Waals surface area contributed by atoms with Crippen molar-refractivity contribution in [2.24, 2.45) is 0 Å². The molecule has 0 spiro atoms. The number of piperidine rings is 1. The van der Waals surface area contributed by atoms with Gasteiger partial charge in [-0.25, -0.2) is 9.07 Å². The molecule has 2 heterocycles. The molecular formula is C23H22ClFN4O2. The van der Waals surface area contributed by atoms with Crippen LogP contribution in [0.15, 0.2) is 53.3 Å². The topological polar surface area (TPSA) is 67.2 Å². The van der Waals surface area contributed by atoms with Crippen molar-refractivity contribution in [3.05, 3.63) is 81.0 Å². The number of halogens is 2. The quantitative estimate of drug-likeness (QED) is 0.645. The minimum absolute atomic E-state index is 0.158. The lowest BCUT2D eigenvalue weighted by molar-refractivity contribution is 0.101. The molecule has 1 aromatic heterocycles. The number of nitrogens with zero attached hydrogens (tertiary/aromatic N) is 3. The third kappa shape index (κ3) is 4.46. The number of amides is 1. The number of rotatable bonds is 4. The van der Waals surface area contributed by atoms with E-state index < -0.39 is 17.2 Å². The van der Waals surface area contributed by atoms with E-state index in [1.807, 2.05) is 6.07 Å². The molecule has 4 rings (SSSR count). The van der Waals surface area contributed by atoms with Gasteiger partial charge in [-0.15, -0.1) is 0 Å². The molecule has 2 aromatic carbocycles. The van der Waals surface area contributed by atoms with Gasteiger partial charge in [0.2, 0.25) is 5.43 Å². The minimum atomic E-state index is -0.671. The summed E-state index contributed by atoms with van der Waals surface area (Å²) in [6.07, 6.45) is 3.32. The third-order valence-corrected chi connectivity index (χ3v) is 5.54. The second-order valence-electron chi connectivity index (χ2n) is 7.53. The first-order valence-corrected chi connectivity index (χ1v) is 10.5. The molecule has 31 heavy (non-hydrogen) atoms. The third-order valence-electron chi connectivity index (χ3n) is 5.31. The lowest BCUT2D eigenvalue weighted by Crippen LogP contribution is -2.31. The molecule has 1 amide bonds. The molecule has 0 unspecified atom stereocenters. The lowest BCUT2D eigenvalue weighted by atomic mass is 10.1. The van der Waals surface area contributed by atoms with Crippen LogP contribution < -0.4 is 15.6 Å². The van der Waals surface area contributed by atoms with Gasteiger partial charge in [0.25, 0.3) is 5.91 Å². The molecule has 1 aliphatic heterocycles. The Labute approximate surface area is 184 Å². The lowest BCUT2D eigenvalue weighted by Gasteiger charge is -2.30. The molecule has 8 heteroatoms. The van der Waals surface area contributed by atoms with E-state index in [0.29, 0.717) is 16.4 Å². The molecule has 1 fully saturated rings. The number of hydrogen-bond acceptors (Lipinski definition) is 4. The average molecular weight is 441 g/mol. The maximum atomic E-state index is 14.3. The molecule has 0 atom stereocenters. The van der Waals surface area contributed by atoms with Crippen LogP contribution in [-0.2, 0) is 0 Å². The summed E-state index contributed by atoms with van der Waals surface area (Å²) in [6, 6.07) is 12.6. The summed E-state index contributed by atoms with van der Waals surface area (Å²) in [5.74, 6) is -1.18. The zero-order valence-electron chi connectivity index (χ0n) is 17.1. The number of anilines is 2. The van der Waals surface area contributed by atoms with Gasteiger partial charge in [0.1, 0.15) is 11.5 Å². The molecule has 0 aliphatic carbocycles. The Morgan fingerprint density at radius 2 is 1.81 bits per heavy atom. The molecule has 0 saturated carbocycles. The van der Waals surface area contributed by atoms with Crippen LogP contribution in [0.2, 0.25) is 5.02 Å². The number of hydrogen-bond donors (Lipinski definition) is 1. The van der Waals surface area contributed by atoms with Crippen LogP contribution in [-0.4, -0.2) is 28.8 Å². The summed E-state index contributed by atoms with van der Waals surface area (Å²) in [4.78, 5) is 27.7. The first-order chi connectivity index (χ1) is 14.9. The van der Waals surface area contributed by atoms with Gasteiger partial charge in [0.05, 0.1) is 11.4 Å². The Bertz CT molecular complexity index is 1190. The van der Waals surface area contributed by atoms with Crippen LogP contribution in [0, 0.1) is 12.7 Å². The van der Waals surface area contributed by atoms with Crippen molar-refractivity contribution in [1.29, 1.82) is 0 Å². The molecule has 0 radical (unpaired) electrons. The first-order valence-electron chi connectivity index (χ1n) is 10.2. The highest BCUT2D eigenvalue weighted by molar-refractivity contribution is 6.31. The Kier molecular flexibility index (Phi) is 6.04. The van der Waals surface area contributed by atoms with Gasteiger partial charge in [0.15, 0.2) is 5.69 Å². The second kappa shape index (κ2) is 8.89. The molecule has 3 aromatic rings. The maximum absolute atomic E-state index is 14.3. The molecule has 0 bridgehead atoms. The van der Waals surface area contributed by atoms with E-state index in [4.69, 9.17) is 11.6 Å². The van der Waals surface area contributed by atoms with Crippen molar-refractivity contribution in [3.63, 3.8) is 0 Å². The zero-order chi connectivity index (χ0) is 22.0. The van der Waals surface area contributed by atoms with Gasteiger partial charge in [-0.3, -0.25) is 9.59 Å². The van der Waals surface area contributed by atoms with Crippen LogP contribution in [0.25, 0.3) is 5.69 Å². The Morgan fingerprint density at radius 3 is 2.55 bits per heavy atom. The van der Waals surface area contributed by atoms with Crippen molar-refractivity contribution >= 4 is 28.9 Å². The summed E-state index contributed by atoms with van der Waals surface area (Å²) in [5.41, 5.74) is 1.08. The largest absolute Gasteiger partial charge is 0.370 e. The minimum Gasteiger partial charge on any atom is -0.370 e. The van der Waals surface area contributed by atoms with Crippen molar-refractivity contribution < 1.29 is 9.18 Å². The van der Waals surface area contributed by atoms with Crippen molar-refractivity contribution in [2.75, 3.05) is 23.3 Å². The Balaban J connectivity index is 1.70. The SMILES string of the molecule is Cc1cc(=O)c(C(=O)Nc2cc(Cl)ccc2N2CCCCC2)nn1-c1ccccc1F. The molecule has 1 aliphatic rings. The van der Waals surface area contributed by atoms with E-state index >= 15 is 0 Å². The molecule has 1 saturated heterocycles. The highest BCUT2D eigenvalue weighted by Gasteiger charge is 2.20. The molecule has 1 N–H and O–H groups in total. The van der Waals surface area contributed by atoms with Gasteiger partial charge < -0.3 is 10.2 Å². The Hall–Kier alpha value is -3.19. The van der Waals surface area contributed by atoms with Gasteiger partial charge in [-0.05, 0) is 56.5 Å². The van der Waals surface area contributed by atoms with Crippen LogP contribution >= 0.6 is 11.6 Å². The Morgan fingerprint density at radius 1 is 1.06 bits per heavy atom. The normalized spacial score (nSPS) is 13.8. The van der Waals surface area contributed by atoms with Crippen molar-refractivity contribution in [3.8, 4) is 5.69 Å². The first kappa shape index (κ1) is 21.1. The van der Waals surface area contributed by atoms with Crippen LogP contribution in [0.4, 0.5) is 15.8 Å². The fourth-order valence-corrected chi connectivity index (χ4v) is 3.94. The van der Waals surface area contributed by atoms with Gasteiger partial charge >= 0.3 is 0 Å². The number of benzene rings is 2. The number of aryl methyl sites for hydroxylation is 1. The van der Waals surface area contributed by atoms with E-state index in [1.54, 1.807) is 31.2 Å². The second-order valence-corrected chi connectivity index (χ2v) is 7.96. The number of carbonyl (C=O) groups excluding carboxylic acids is 1. The van der Waals surface area contributed by atoms with E-state index in [2.05, 4.69) is 15.3 Å². The van der Waals surface area contributed by atoms with Crippen molar-refractivity contribution in [1.82, 2.24) is 9.78 Å². The highest BCUT2D eigenvalue weighted by atomic mass is 35.5. The van der Waals surface area contributed by atoms with Gasteiger partial charge in [-0.1, -0.05) is 23.7 Å². The number of carbonyl (C=O) groups is 1. The molecule has 160 valence electrons.